The molecule has 1 aromatic carbocycles. The van der Waals surface area contributed by atoms with Gasteiger partial charge in [-0.2, -0.15) is 0 Å². The minimum atomic E-state index is 0.663. The monoisotopic (exact) mass is 215 g/mol. The topological polar surface area (TPSA) is 3.24 Å². The van der Waals surface area contributed by atoms with Gasteiger partial charge in [0, 0.05) is 13.1 Å². The Morgan fingerprint density at radius 2 is 1.77 bits per heavy atom. The number of benzene rings is 1. The first-order valence-electron chi connectivity index (χ1n) is 4.32. The molecule has 13 heavy (non-hydrogen) atoms. The van der Waals surface area contributed by atoms with Gasteiger partial charge in [0.1, 0.15) is 0 Å². The van der Waals surface area contributed by atoms with Crippen molar-refractivity contribution < 1.29 is 0 Å². The van der Waals surface area contributed by atoms with Crippen molar-refractivity contribution in [3.05, 3.63) is 33.3 Å². The molecule has 0 spiro atoms. The third kappa shape index (κ3) is 1.83. The lowest BCUT2D eigenvalue weighted by molar-refractivity contribution is 0.313. The van der Waals surface area contributed by atoms with E-state index in [0.29, 0.717) is 10.0 Å². The van der Waals surface area contributed by atoms with Crippen LogP contribution in [-0.4, -0.2) is 18.5 Å². The van der Waals surface area contributed by atoms with Gasteiger partial charge in [-0.15, -0.1) is 0 Å². The van der Waals surface area contributed by atoms with Gasteiger partial charge < -0.3 is 4.90 Å². The van der Waals surface area contributed by atoms with E-state index in [4.69, 9.17) is 23.2 Å². The van der Waals surface area contributed by atoms with Crippen molar-refractivity contribution in [2.24, 2.45) is 0 Å². The third-order valence-corrected chi connectivity index (χ3v) is 3.17. The van der Waals surface area contributed by atoms with E-state index in [1.807, 2.05) is 12.1 Å². The van der Waals surface area contributed by atoms with Gasteiger partial charge >= 0.3 is 0 Å². The Hall–Kier alpha value is -0.240. The Balaban J connectivity index is 2.43. The summed E-state index contributed by atoms with van der Waals surface area (Å²) in [6, 6.07) is 3.97. The molecule has 0 fully saturated rings. The SMILES string of the molecule is CN1CCc2cc(Cl)c(Cl)cc2C1. The zero-order valence-corrected chi connectivity index (χ0v) is 8.99. The fourth-order valence-corrected chi connectivity index (χ4v) is 2.06. The second-order valence-corrected chi connectivity index (χ2v) is 4.34. The lowest BCUT2D eigenvalue weighted by atomic mass is 10.0. The van der Waals surface area contributed by atoms with Crippen molar-refractivity contribution in [1.29, 1.82) is 0 Å². The number of hydrogen-bond acceptors (Lipinski definition) is 1. The highest BCUT2D eigenvalue weighted by Crippen LogP contribution is 2.28. The smallest absolute Gasteiger partial charge is 0.0595 e. The van der Waals surface area contributed by atoms with Crippen LogP contribution in [0.3, 0.4) is 0 Å². The van der Waals surface area contributed by atoms with Crippen molar-refractivity contribution in [3.63, 3.8) is 0 Å². The van der Waals surface area contributed by atoms with Gasteiger partial charge in [-0.1, -0.05) is 23.2 Å². The summed E-state index contributed by atoms with van der Waals surface area (Å²) in [6.45, 7) is 2.08. The summed E-state index contributed by atoms with van der Waals surface area (Å²) in [5, 5.41) is 1.33. The number of likely N-dealkylation sites (N-methyl/N-ethyl adjacent to an activating group) is 1. The molecule has 1 aliphatic rings. The highest BCUT2D eigenvalue weighted by atomic mass is 35.5. The number of fused-ring (bicyclic) bond motifs is 1. The van der Waals surface area contributed by atoms with E-state index in [-0.39, 0.29) is 0 Å². The van der Waals surface area contributed by atoms with Crippen LogP contribution in [0, 0.1) is 0 Å². The van der Waals surface area contributed by atoms with Crippen LogP contribution in [0.4, 0.5) is 0 Å². The first-order chi connectivity index (χ1) is 6.16. The van der Waals surface area contributed by atoms with E-state index in [2.05, 4.69) is 11.9 Å². The number of halogens is 2. The van der Waals surface area contributed by atoms with E-state index >= 15 is 0 Å². The molecule has 1 heterocycles. The predicted octanol–water partition coefficient (Wildman–Crippen LogP) is 2.98. The molecule has 3 heteroatoms. The van der Waals surface area contributed by atoms with E-state index in [1.165, 1.54) is 11.1 Å². The van der Waals surface area contributed by atoms with Crippen molar-refractivity contribution in [1.82, 2.24) is 4.90 Å². The maximum absolute atomic E-state index is 5.94. The molecule has 0 bridgehead atoms. The number of hydrogen-bond donors (Lipinski definition) is 0. The summed E-state index contributed by atoms with van der Waals surface area (Å²) in [5.41, 5.74) is 2.65. The Morgan fingerprint density at radius 1 is 1.15 bits per heavy atom. The molecule has 0 aromatic heterocycles. The first kappa shape index (κ1) is 9.32. The molecule has 70 valence electrons. The zero-order chi connectivity index (χ0) is 9.42. The average molecular weight is 216 g/mol. The molecule has 0 saturated heterocycles. The molecule has 0 radical (unpaired) electrons. The first-order valence-corrected chi connectivity index (χ1v) is 5.08. The second kappa shape index (κ2) is 3.49. The largest absolute Gasteiger partial charge is 0.302 e. The summed E-state index contributed by atoms with van der Waals surface area (Å²) in [6.07, 6.45) is 1.07. The standard InChI is InChI=1S/C10H11Cl2N/c1-13-3-2-7-4-9(11)10(12)5-8(7)6-13/h4-5H,2-3,6H2,1H3. The quantitative estimate of drug-likeness (QED) is 0.644. The van der Waals surface area contributed by atoms with Gasteiger partial charge in [-0.25, -0.2) is 0 Å². The molecule has 1 aliphatic heterocycles. The number of rotatable bonds is 0. The summed E-state index contributed by atoms with van der Waals surface area (Å²) in [5.74, 6) is 0. The molecule has 0 atom stereocenters. The predicted molar refractivity (Wildman–Crippen MR) is 56.5 cm³/mol. The maximum atomic E-state index is 5.94. The van der Waals surface area contributed by atoms with Gasteiger partial charge in [0.15, 0.2) is 0 Å². The summed E-state index contributed by atoms with van der Waals surface area (Å²) >= 11 is 11.9. The minimum absolute atomic E-state index is 0.663. The minimum Gasteiger partial charge on any atom is -0.302 e. The third-order valence-electron chi connectivity index (χ3n) is 2.45. The Labute approximate surface area is 88.3 Å². The van der Waals surface area contributed by atoms with Crippen molar-refractivity contribution in [3.8, 4) is 0 Å². The van der Waals surface area contributed by atoms with Crippen LogP contribution in [0.25, 0.3) is 0 Å². The summed E-state index contributed by atoms with van der Waals surface area (Å²) in [4.78, 5) is 2.28. The molecule has 1 nitrogen and oxygen atoms in total. The molecule has 0 amide bonds. The second-order valence-electron chi connectivity index (χ2n) is 3.52. The van der Waals surface area contributed by atoms with Crippen LogP contribution in [0.2, 0.25) is 10.0 Å². The van der Waals surface area contributed by atoms with Crippen molar-refractivity contribution >= 4 is 23.2 Å². The maximum Gasteiger partial charge on any atom is 0.0595 e. The summed E-state index contributed by atoms with van der Waals surface area (Å²) < 4.78 is 0. The van der Waals surface area contributed by atoms with E-state index in [0.717, 1.165) is 19.5 Å². The van der Waals surface area contributed by atoms with Gasteiger partial charge in [0.2, 0.25) is 0 Å². The normalized spacial score (nSPS) is 17.2. The number of nitrogens with zero attached hydrogens (tertiary/aromatic N) is 1. The van der Waals surface area contributed by atoms with Gasteiger partial charge in [0.05, 0.1) is 10.0 Å². The van der Waals surface area contributed by atoms with Crippen LogP contribution in [0.1, 0.15) is 11.1 Å². The molecular weight excluding hydrogens is 205 g/mol. The van der Waals surface area contributed by atoms with Gasteiger partial charge in [0.25, 0.3) is 0 Å². The van der Waals surface area contributed by atoms with Crippen molar-refractivity contribution in [2.45, 2.75) is 13.0 Å². The van der Waals surface area contributed by atoms with Crippen LogP contribution in [0.15, 0.2) is 12.1 Å². The van der Waals surface area contributed by atoms with Crippen molar-refractivity contribution in [2.75, 3.05) is 13.6 Å². The lowest BCUT2D eigenvalue weighted by Crippen LogP contribution is -2.26. The molecule has 2 rings (SSSR count). The molecular formula is C10H11Cl2N. The lowest BCUT2D eigenvalue weighted by Gasteiger charge is -2.25. The molecule has 1 aromatic rings. The average Bonchev–Trinajstić information content (AvgIpc) is 2.08. The van der Waals surface area contributed by atoms with Crippen LogP contribution in [0.5, 0.6) is 0 Å². The fraction of sp³-hybridized carbons (Fsp3) is 0.400. The van der Waals surface area contributed by atoms with Crippen LogP contribution in [-0.2, 0) is 13.0 Å². The van der Waals surface area contributed by atoms with Crippen LogP contribution < -0.4 is 0 Å². The van der Waals surface area contributed by atoms with E-state index in [1.54, 1.807) is 0 Å². The van der Waals surface area contributed by atoms with E-state index in [9.17, 15) is 0 Å². The molecule has 0 unspecified atom stereocenters. The Kier molecular flexibility index (Phi) is 2.50. The molecule has 0 N–H and O–H groups in total. The molecule has 0 saturated carbocycles. The fourth-order valence-electron chi connectivity index (χ4n) is 1.69. The molecule has 0 aliphatic carbocycles. The zero-order valence-electron chi connectivity index (χ0n) is 7.48. The summed E-state index contributed by atoms with van der Waals surface area (Å²) in [7, 11) is 2.12. The van der Waals surface area contributed by atoms with Crippen LogP contribution >= 0.6 is 23.2 Å². The van der Waals surface area contributed by atoms with E-state index < -0.39 is 0 Å². The Morgan fingerprint density at radius 3 is 2.46 bits per heavy atom. The van der Waals surface area contributed by atoms with Gasteiger partial charge in [-0.05, 0) is 36.7 Å². The van der Waals surface area contributed by atoms with Gasteiger partial charge in [-0.3, -0.25) is 0 Å². The highest BCUT2D eigenvalue weighted by molar-refractivity contribution is 6.42. The highest BCUT2D eigenvalue weighted by Gasteiger charge is 2.14. The Bertz CT molecular complexity index is 336.